The second-order valence-corrected chi connectivity index (χ2v) is 7.07. The molecule has 0 radical (unpaired) electrons. The van der Waals surface area contributed by atoms with Crippen LogP contribution in [0.2, 0.25) is 0 Å². The maximum atomic E-state index is 12.2. The Hall–Kier alpha value is -2.35. The molecule has 1 aromatic rings. The van der Waals surface area contributed by atoms with Gasteiger partial charge in [-0.25, -0.2) is 22.7 Å². The van der Waals surface area contributed by atoms with Crippen LogP contribution < -0.4 is 4.72 Å². The fourth-order valence-corrected chi connectivity index (χ4v) is 2.78. The molecule has 0 spiro atoms. The molecule has 1 aromatic carbocycles. The molecule has 0 bridgehead atoms. The van der Waals surface area contributed by atoms with E-state index in [1.807, 2.05) is 18.6 Å². The second-order valence-electron chi connectivity index (χ2n) is 5.39. The molecule has 0 saturated carbocycles. The molecule has 0 aliphatic carbocycles. The summed E-state index contributed by atoms with van der Waals surface area (Å²) < 4.78 is 35.8. The molecule has 0 saturated heterocycles. The summed E-state index contributed by atoms with van der Waals surface area (Å²) in [7, 11) is -2.79. The van der Waals surface area contributed by atoms with E-state index in [-0.39, 0.29) is 4.90 Å². The predicted octanol–water partition coefficient (Wildman–Crippen LogP) is 2.70. The van der Waals surface area contributed by atoms with Crippen LogP contribution in [0.25, 0.3) is 0 Å². The summed E-state index contributed by atoms with van der Waals surface area (Å²) in [5, 5.41) is 0. The topological polar surface area (TPSA) is 98.8 Å². The SMILES string of the molecule is CCCCC(/C=C/C(=O)OC)OC(=O)NS(=O)(=O)c1ccc(C)cc1. The summed E-state index contributed by atoms with van der Waals surface area (Å²) in [6.45, 7) is 3.78. The van der Waals surface area contributed by atoms with Gasteiger partial charge in [-0.3, -0.25) is 0 Å². The highest BCUT2D eigenvalue weighted by molar-refractivity contribution is 7.90. The Morgan fingerprint density at radius 2 is 1.88 bits per heavy atom. The number of ether oxygens (including phenoxy) is 2. The largest absolute Gasteiger partial charge is 0.466 e. The van der Waals surface area contributed by atoms with Crippen LogP contribution in [0.15, 0.2) is 41.3 Å². The van der Waals surface area contributed by atoms with Gasteiger partial charge in [0, 0.05) is 6.08 Å². The Balaban J connectivity index is 2.76. The van der Waals surface area contributed by atoms with Crippen LogP contribution in [0.4, 0.5) is 4.79 Å². The Morgan fingerprint density at radius 3 is 2.44 bits per heavy atom. The van der Waals surface area contributed by atoms with Gasteiger partial charge >= 0.3 is 12.1 Å². The summed E-state index contributed by atoms with van der Waals surface area (Å²) >= 11 is 0. The molecule has 1 rings (SSSR count). The van der Waals surface area contributed by atoms with Crippen LogP contribution in [-0.4, -0.2) is 33.7 Å². The van der Waals surface area contributed by atoms with E-state index in [0.717, 1.165) is 24.5 Å². The quantitative estimate of drug-likeness (QED) is 0.559. The van der Waals surface area contributed by atoms with Gasteiger partial charge in [0.2, 0.25) is 0 Å². The van der Waals surface area contributed by atoms with E-state index in [2.05, 4.69) is 4.74 Å². The summed E-state index contributed by atoms with van der Waals surface area (Å²) in [6.07, 6.45) is 2.75. The van der Waals surface area contributed by atoms with Crippen molar-refractivity contribution in [2.45, 2.75) is 44.1 Å². The van der Waals surface area contributed by atoms with Crippen molar-refractivity contribution in [2.75, 3.05) is 7.11 Å². The highest BCUT2D eigenvalue weighted by atomic mass is 32.2. The third-order valence-electron chi connectivity index (χ3n) is 3.30. The third kappa shape index (κ3) is 7.38. The lowest BCUT2D eigenvalue weighted by Crippen LogP contribution is -2.33. The summed E-state index contributed by atoms with van der Waals surface area (Å²) in [4.78, 5) is 23.0. The first-order valence-electron chi connectivity index (χ1n) is 7.84. The summed E-state index contributed by atoms with van der Waals surface area (Å²) in [5.41, 5.74) is 0.897. The molecule has 1 N–H and O–H groups in total. The van der Waals surface area contributed by atoms with Crippen molar-refractivity contribution < 1.29 is 27.5 Å². The van der Waals surface area contributed by atoms with Gasteiger partial charge in [0.1, 0.15) is 6.10 Å². The lowest BCUT2D eigenvalue weighted by Gasteiger charge is -2.15. The second kappa shape index (κ2) is 9.83. The van der Waals surface area contributed by atoms with E-state index in [0.29, 0.717) is 6.42 Å². The molecule has 1 atom stereocenters. The number of hydrogen-bond acceptors (Lipinski definition) is 6. The lowest BCUT2D eigenvalue weighted by molar-refractivity contribution is -0.134. The number of esters is 1. The molecular weight excluding hydrogens is 346 g/mol. The zero-order valence-electron chi connectivity index (χ0n) is 14.5. The first-order chi connectivity index (χ1) is 11.8. The van der Waals surface area contributed by atoms with Crippen LogP contribution in [-0.2, 0) is 24.3 Å². The van der Waals surface area contributed by atoms with Gasteiger partial charge in [-0.1, -0.05) is 31.0 Å². The summed E-state index contributed by atoms with van der Waals surface area (Å²) in [6, 6.07) is 6.05. The number of amides is 1. The van der Waals surface area contributed by atoms with E-state index in [1.165, 1.54) is 25.3 Å². The minimum Gasteiger partial charge on any atom is -0.466 e. The Kier molecular flexibility index (Phi) is 8.13. The predicted molar refractivity (Wildman–Crippen MR) is 92.5 cm³/mol. The van der Waals surface area contributed by atoms with Crippen LogP contribution in [0, 0.1) is 6.92 Å². The van der Waals surface area contributed by atoms with E-state index < -0.39 is 28.2 Å². The van der Waals surface area contributed by atoms with Gasteiger partial charge in [0.15, 0.2) is 0 Å². The number of aryl methyl sites for hydroxylation is 1. The number of sulfonamides is 1. The fourth-order valence-electron chi connectivity index (χ4n) is 1.90. The van der Waals surface area contributed by atoms with E-state index in [1.54, 1.807) is 12.1 Å². The minimum absolute atomic E-state index is 0.0368. The highest BCUT2D eigenvalue weighted by Gasteiger charge is 2.20. The Bertz CT molecular complexity index is 709. The van der Waals surface area contributed by atoms with Gasteiger partial charge in [-0.05, 0) is 38.0 Å². The summed E-state index contributed by atoms with van der Waals surface area (Å²) in [5.74, 6) is -0.585. The number of carbonyl (C=O) groups is 2. The number of unbranched alkanes of at least 4 members (excludes halogenated alkanes) is 1. The normalized spacial score (nSPS) is 12.6. The van der Waals surface area contributed by atoms with Crippen molar-refractivity contribution in [2.24, 2.45) is 0 Å². The lowest BCUT2D eigenvalue weighted by atomic mass is 10.1. The molecule has 0 aromatic heterocycles. The third-order valence-corrected chi connectivity index (χ3v) is 4.63. The van der Waals surface area contributed by atoms with Crippen molar-refractivity contribution in [1.29, 1.82) is 0 Å². The van der Waals surface area contributed by atoms with Crippen LogP contribution in [0.3, 0.4) is 0 Å². The maximum Gasteiger partial charge on any atom is 0.421 e. The number of hydrogen-bond donors (Lipinski definition) is 1. The molecule has 1 amide bonds. The van der Waals surface area contributed by atoms with Crippen molar-refractivity contribution in [1.82, 2.24) is 4.72 Å². The van der Waals surface area contributed by atoms with Crippen molar-refractivity contribution in [3.63, 3.8) is 0 Å². The van der Waals surface area contributed by atoms with E-state index in [9.17, 15) is 18.0 Å². The first-order valence-corrected chi connectivity index (χ1v) is 9.33. The fraction of sp³-hybridized carbons (Fsp3) is 0.412. The zero-order valence-corrected chi connectivity index (χ0v) is 15.3. The van der Waals surface area contributed by atoms with Crippen LogP contribution >= 0.6 is 0 Å². The number of methoxy groups -OCH3 is 1. The smallest absolute Gasteiger partial charge is 0.421 e. The Labute approximate surface area is 148 Å². The molecule has 0 aliphatic rings. The molecule has 1 unspecified atom stereocenters. The van der Waals surface area contributed by atoms with Crippen LogP contribution in [0.1, 0.15) is 31.7 Å². The molecule has 0 aliphatic heterocycles. The molecule has 7 nitrogen and oxygen atoms in total. The highest BCUT2D eigenvalue weighted by Crippen LogP contribution is 2.12. The Morgan fingerprint density at radius 1 is 1.24 bits per heavy atom. The minimum atomic E-state index is -4.02. The van der Waals surface area contributed by atoms with Gasteiger partial charge in [0.25, 0.3) is 10.0 Å². The maximum absolute atomic E-state index is 12.2. The van der Waals surface area contributed by atoms with E-state index >= 15 is 0 Å². The van der Waals surface area contributed by atoms with Gasteiger partial charge in [-0.15, -0.1) is 0 Å². The van der Waals surface area contributed by atoms with Gasteiger partial charge in [-0.2, -0.15) is 0 Å². The number of rotatable bonds is 8. The molecule has 25 heavy (non-hydrogen) atoms. The average Bonchev–Trinajstić information content (AvgIpc) is 2.56. The van der Waals surface area contributed by atoms with Gasteiger partial charge < -0.3 is 9.47 Å². The molecular formula is C17H23NO6S. The van der Waals surface area contributed by atoms with Crippen molar-refractivity contribution >= 4 is 22.1 Å². The average molecular weight is 369 g/mol. The molecule has 0 heterocycles. The van der Waals surface area contributed by atoms with Crippen molar-refractivity contribution in [3.8, 4) is 0 Å². The number of benzene rings is 1. The van der Waals surface area contributed by atoms with Crippen LogP contribution in [0.5, 0.6) is 0 Å². The standard InChI is InChI=1S/C17H23NO6S/c1-4-5-6-14(9-12-16(19)23-3)24-17(20)18-25(21,22)15-10-7-13(2)8-11-15/h7-12,14H,4-6H2,1-3H3,(H,18,20)/b12-9+. The first kappa shape index (κ1) is 20.7. The molecule has 0 fully saturated rings. The van der Waals surface area contributed by atoms with E-state index in [4.69, 9.17) is 4.74 Å². The molecule has 8 heteroatoms. The number of carbonyl (C=O) groups excluding carboxylic acids is 2. The number of nitrogens with one attached hydrogen (secondary N) is 1. The van der Waals surface area contributed by atoms with Crippen molar-refractivity contribution in [3.05, 3.63) is 42.0 Å². The monoisotopic (exact) mass is 369 g/mol. The molecule has 138 valence electrons. The van der Waals surface area contributed by atoms with Gasteiger partial charge in [0.05, 0.1) is 12.0 Å². The zero-order chi connectivity index (χ0) is 18.9.